The Morgan fingerprint density at radius 2 is 1.94 bits per heavy atom. The average Bonchev–Trinajstić information content (AvgIpc) is 2.30. The van der Waals surface area contributed by atoms with E-state index in [9.17, 15) is 9.59 Å². The van der Waals surface area contributed by atoms with Crippen molar-refractivity contribution in [2.45, 2.75) is 18.9 Å². The number of Topliss-reactive ketones (excluding diaryl/α,β-unsaturated/α-hetero) is 1. The molecular weight excluding hydrogens is 340 g/mol. The SMILES string of the molecule is O=C(CCBr)C1CN(C(=O)CCBr)CCN1. The van der Waals surface area contributed by atoms with Crippen molar-refractivity contribution < 1.29 is 9.59 Å². The maximum absolute atomic E-state index is 11.7. The first kappa shape index (κ1) is 14.1. The topological polar surface area (TPSA) is 49.4 Å². The molecule has 1 amide bonds. The third-order valence-electron chi connectivity index (χ3n) is 2.57. The summed E-state index contributed by atoms with van der Waals surface area (Å²) in [6, 6.07) is -0.189. The zero-order valence-electron chi connectivity index (χ0n) is 9.05. The Morgan fingerprint density at radius 3 is 2.56 bits per heavy atom. The Hall–Kier alpha value is 0.0600. The number of nitrogens with one attached hydrogen (secondary N) is 1. The highest BCUT2D eigenvalue weighted by atomic mass is 79.9. The van der Waals surface area contributed by atoms with Crippen LogP contribution >= 0.6 is 31.9 Å². The summed E-state index contributed by atoms with van der Waals surface area (Å²) in [5.74, 6) is 0.295. The van der Waals surface area contributed by atoms with Crippen LogP contribution in [-0.2, 0) is 9.59 Å². The number of alkyl halides is 2. The second kappa shape index (κ2) is 7.40. The highest BCUT2D eigenvalue weighted by Crippen LogP contribution is 2.06. The summed E-state index contributed by atoms with van der Waals surface area (Å²) in [4.78, 5) is 25.1. The van der Waals surface area contributed by atoms with Crippen LogP contribution in [0.25, 0.3) is 0 Å². The molecule has 0 spiro atoms. The predicted octanol–water partition coefficient (Wildman–Crippen LogP) is 0.926. The van der Waals surface area contributed by atoms with Crippen LogP contribution in [0.1, 0.15) is 12.8 Å². The molecule has 1 fully saturated rings. The predicted molar refractivity (Wildman–Crippen MR) is 70.2 cm³/mol. The third-order valence-corrected chi connectivity index (χ3v) is 3.36. The molecule has 4 nitrogen and oxygen atoms in total. The van der Waals surface area contributed by atoms with Gasteiger partial charge in [0.1, 0.15) is 0 Å². The molecule has 0 bridgehead atoms. The second-order valence-corrected chi connectivity index (χ2v) is 5.28. The first-order chi connectivity index (χ1) is 7.69. The van der Waals surface area contributed by atoms with Crippen LogP contribution in [0.2, 0.25) is 0 Å². The van der Waals surface area contributed by atoms with Crippen molar-refractivity contribution in [2.75, 3.05) is 30.3 Å². The number of carbonyl (C=O) groups is 2. The molecule has 1 N–H and O–H groups in total. The van der Waals surface area contributed by atoms with Crippen molar-refractivity contribution >= 4 is 43.6 Å². The van der Waals surface area contributed by atoms with Gasteiger partial charge in [-0.1, -0.05) is 31.9 Å². The van der Waals surface area contributed by atoms with Crippen molar-refractivity contribution in [2.24, 2.45) is 0 Å². The van der Waals surface area contributed by atoms with Crippen molar-refractivity contribution in [1.29, 1.82) is 0 Å². The van der Waals surface area contributed by atoms with Gasteiger partial charge in [-0.25, -0.2) is 0 Å². The van der Waals surface area contributed by atoms with Gasteiger partial charge >= 0.3 is 0 Å². The summed E-state index contributed by atoms with van der Waals surface area (Å²) in [5, 5.41) is 4.51. The van der Waals surface area contributed by atoms with Gasteiger partial charge < -0.3 is 10.2 Å². The van der Waals surface area contributed by atoms with E-state index in [2.05, 4.69) is 37.2 Å². The summed E-state index contributed by atoms with van der Waals surface area (Å²) in [5.41, 5.74) is 0. The van der Waals surface area contributed by atoms with E-state index >= 15 is 0 Å². The van der Waals surface area contributed by atoms with Gasteiger partial charge in [-0.05, 0) is 0 Å². The summed E-state index contributed by atoms with van der Waals surface area (Å²) in [6.45, 7) is 1.91. The molecule has 16 heavy (non-hydrogen) atoms. The van der Waals surface area contributed by atoms with Crippen LogP contribution in [-0.4, -0.2) is 52.9 Å². The van der Waals surface area contributed by atoms with E-state index in [0.717, 1.165) is 0 Å². The zero-order chi connectivity index (χ0) is 12.0. The normalized spacial score (nSPS) is 20.9. The van der Waals surface area contributed by atoms with E-state index in [0.29, 0.717) is 43.1 Å². The molecule has 1 aliphatic heterocycles. The minimum atomic E-state index is -0.189. The molecule has 0 saturated carbocycles. The summed E-state index contributed by atoms with van der Waals surface area (Å²) >= 11 is 6.50. The quantitative estimate of drug-likeness (QED) is 0.746. The van der Waals surface area contributed by atoms with Crippen LogP contribution in [0, 0.1) is 0 Å². The van der Waals surface area contributed by atoms with Gasteiger partial charge in [-0.15, -0.1) is 0 Å². The molecule has 1 unspecified atom stereocenters. The smallest absolute Gasteiger partial charge is 0.223 e. The molecule has 1 heterocycles. The fourth-order valence-electron chi connectivity index (χ4n) is 1.70. The summed E-state index contributed by atoms with van der Waals surface area (Å²) < 4.78 is 0. The summed E-state index contributed by atoms with van der Waals surface area (Å²) in [7, 11) is 0. The fourth-order valence-corrected chi connectivity index (χ4v) is 2.43. The Morgan fingerprint density at radius 1 is 1.25 bits per heavy atom. The minimum absolute atomic E-state index is 0.120. The molecule has 0 aromatic rings. The van der Waals surface area contributed by atoms with Gasteiger partial charge in [0.2, 0.25) is 5.91 Å². The van der Waals surface area contributed by atoms with E-state index < -0.39 is 0 Å². The number of carbonyl (C=O) groups excluding carboxylic acids is 2. The molecule has 1 atom stereocenters. The Balaban J connectivity index is 2.46. The fraction of sp³-hybridized carbons (Fsp3) is 0.800. The Labute approximate surface area is 112 Å². The molecule has 1 aliphatic rings. The lowest BCUT2D eigenvalue weighted by molar-refractivity contribution is -0.133. The molecule has 1 rings (SSSR count). The van der Waals surface area contributed by atoms with Crippen molar-refractivity contribution in [1.82, 2.24) is 10.2 Å². The number of amides is 1. The monoisotopic (exact) mass is 354 g/mol. The lowest BCUT2D eigenvalue weighted by atomic mass is 10.1. The van der Waals surface area contributed by atoms with E-state index in [1.54, 1.807) is 4.90 Å². The molecule has 0 aliphatic carbocycles. The van der Waals surface area contributed by atoms with Crippen LogP contribution in [0.5, 0.6) is 0 Å². The number of halogens is 2. The number of piperazine rings is 1. The summed E-state index contributed by atoms with van der Waals surface area (Å²) in [6.07, 6.45) is 1.01. The van der Waals surface area contributed by atoms with Gasteiger partial charge in [-0.3, -0.25) is 9.59 Å². The largest absolute Gasteiger partial charge is 0.339 e. The molecule has 92 valence electrons. The van der Waals surface area contributed by atoms with Crippen LogP contribution < -0.4 is 5.32 Å². The number of hydrogen-bond acceptors (Lipinski definition) is 3. The van der Waals surface area contributed by atoms with E-state index in [4.69, 9.17) is 0 Å². The second-order valence-electron chi connectivity index (χ2n) is 3.69. The highest BCUT2D eigenvalue weighted by molar-refractivity contribution is 9.09. The van der Waals surface area contributed by atoms with Crippen LogP contribution in [0.4, 0.5) is 0 Å². The maximum atomic E-state index is 11.7. The first-order valence-corrected chi connectivity index (χ1v) is 7.59. The first-order valence-electron chi connectivity index (χ1n) is 5.35. The van der Waals surface area contributed by atoms with E-state index in [1.165, 1.54) is 0 Å². The average molecular weight is 356 g/mol. The van der Waals surface area contributed by atoms with E-state index in [1.807, 2.05) is 0 Å². The van der Waals surface area contributed by atoms with Gasteiger partial charge in [0.05, 0.1) is 6.04 Å². The molecule has 6 heteroatoms. The third kappa shape index (κ3) is 4.14. The number of hydrogen-bond donors (Lipinski definition) is 1. The number of ketones is 1. The van der Waals surface area contributed by atoms with Gasteiger partial charge in [-0.2, -0.15) is 0 Å². The van der Waals surface area contributed by atoms with Crippen LogP contribution in [0.15, 0.2) is 0 Å². The van der Waals surface area contributed by atoms with Crippen molar-refractivity contribution in [3.8, 4) is 0 Å². The molecule has 0 radical (unpaired) electrons. The Bertz CT molecular complexity index is 237. The Kier molecular flexibility index (Phi) is 6.53. The maximum Gasteiger partial charge on any atom is 0.223 e. The molecule has 0 aromatic carbocycles. The lowest BCUT2D eigenvalue weighted by Gasteiger charge is -2.32. The van der Waals surface area contributed by atoms with Crippen LogP contribution in [0.3, 0.4) is 0 Å². The van der Waals surface area contributed by atoms with E-state index in [-0.39, 0.29) is 17.7 Å². The number of rotatable bonds is 5. The molecule has 0 aromatic heterocycles. The zero-order valence-corrected chi connectivity index (χ0v) is 12.2. The standard InChI is InChI=1S/C10H16Br2N2O2/c11-3-1-9(15)8-7-14(6-5-13-8)10(16)2-4-12/h8,13H,1-7H2. The lowest BCUT2D eigenvalue weighted by Crippen LogP contribution is -2.55. The number of nitrogens with zero attached hydrogens (tertiary/aromatic N) is 1. The van der Waals surface area contributed by atoms with Crippen molar-refractivity contribution in [3.63, 3.8) is 0 Å². The van der Waals surface area contributed by atoms with Gasteiger partial charge in [0.15, 0.2) is 5.78 Å². The van der Waals surface area contributed by atoms with Crippen molar-refractivity contribution in [3.05, 3.63) is 0 Å². The molecular formula is C10H16Br2N2O2. The van der Waals surface area contributed by atoms with Gasteiger partial charge in [0, 0.05) is 43.1 Å². The minimum Gasteiger partial charge on any atom is -0.339 e. The highest BCUT2D eigenvalue weighted by Gasteiger charge is 2.26. The van der Waals surface area contributed by atoms with Gasteiger partial charge in [0.25, 0.3) is 0 Å². The molecule has 1 saturated heterocycles.